The van der Waals surface area contributed by atoms with Crippen LogP contribution in [0.2, 0.25) is 0 Å². The third-order valence-electron chi connectivity index (χ3n) is 3.31. The molecule has 2 aromatic rings. The molecule has 2 N–H and O–H groups in total. The van der Waals surface area contributed by atoms with Gasteiger partial charge in [0, 0.05) is 6.04 Å². The predicted octanol–water partition coefficient (Wildman–Crippen LogP) is 3.66. The van der Waals surface area contributed by atoms with Gasteiger partial charge in [-0.05, 0) is 56.5 Å². The molecule has 3 nitrogen and oxygen atoms in total. The molecule has 0 aliphatic rings. The summed E-state index contributed by atoms with van der Waals surface area (Å²) in [4.78, 5) is 0. The van der Waals surface area contributed by atoms with Crippen LogP contribution < -0.4 is 5.32 Å². The molecule has 1 aromatic heterocycles. The number of aryl methyl sites for hydroxylation is 1. The van der Waals surface area contributed by atoms with Crippen molar-refractivity contribution in [3.63, 3.8) is 0 Å². The van der Waals surface area contributed by atoms with Crippen molar-refractivity contribution in [1.29, 1.82) is 0 Å². The van der Waals surface area contributed by atoms with Gasteiger partial charge in [-0.2, -0.15) is 0 Å². The molecule has 0 saturated carbocycles. The molecule has 0 fully saturated rings. The molecule has 0 bridgehead atoms. The minimum absolute atomic E-state index is 0.227. The Balaban J connectivity index is 1.78. The Hall–Kier alpha value is -1.74. The molecule has 0 spiro atoms. The molecular weight excluding hydrogens is 238 g/mol. The summed E-state index contributed by atoms with van der Waals surface area (Å²) < 4.78 is 5.38. The van der Waals surface area contributed by atoms with Crippen LogP contribution in [0.1, 0.15) is 37.6 Å². The maximum absolute atomic E-state index is 9.24. The van der Waals surface area contributed by atoms with Crippen molar-refractivity contribution in [1.82, 2.24) is 5.32 Å². The van der Waals surface area contributed by atoms with Crippen LogP contribution in [0.3, 0.4) is 0 Å². The van der Waals surface area contributed by atoms with Gasteiger partial charge in [-0.1, -0.05) is 12.1 Å². The van der Waals surface area contributed by atoms with E-state index in [2.05, 4.69) is 19.2 Å². The number of rotatable bonds is 6. The summed E-state index contributed by atoms with van der Waals surface area (Å²) in [7, 11) is 0. The molecule has 0 saturated heterocycles. The number of aromatic hydroxyl groups is 1. The fraction of sp³-hybridized carbons (Fsp3) is 0.375. The van der Waals surface area contributed by atoms with E-state index >= 15 is 0 Å². The van der Waals surface area contributed by atoms with Crippen LogP contribution in [-0.4, -0.2) is 11.1 Å². The van der Waals surface area contributed by atoms with Crippen molar-refractivity contribution in [3.8, 4) is 5.75 Å². The maximum Gasteiger partial charge on any atom is 0.120 e. The third-order valence-corrected chi connectivity index (χ3v) is 3.31. The number of nitrogens with one attached hydrogen (secondary N) is 1. The zero-order valence-corrected chi connectivity index (χ0v) is 11.5. The predicted molar refractivity (Wildman–Crippen MR) is 76.1 cm³/mol. The number of furan rings is 1. The number of benzene rings is 1. The first-order chi connectivity index (χ1) is 9.15. The van der Waals surface area contributed by atoms with Gasteiger partial charge in [0.05, 0.1) is 12.3 Å². The van der Waals surface area contributed by atoms with Gasteiger partial charge in [0.15, 0.2) is 0 Å². The SMILES string of the molecule is CC(CCc1ccc(O)cc1)N[C@@H](C)c1ccco1. The molecule has 0 amide bonds. The van der Waals surface area contributed by atoms with Crippen molar-refractivity contribution in [2.75, 3.05) is 0 Å². The Kier molecular flexibility index (Phi) is 4.63. The van der Waals surface area contributed by atoms with E-state index in [1.807, 2.05) is 24.3 Å². The Morgan fingerprint density at radius 3 is 2.53 bits per heavy atom. The largest absolute Gasteiger partial charge is 0.508 e. The van der Waals surface area contributed by atoms with Gasteiger partial charge in [0.1, 0.15) is 11.5 Å². The average Bonchev–Trinajstić information content (AvgIpc) is 2.92. The van der Waals surface area contributed by atoms with Crippen molar-refractivity contribution in [3.05, 3.63) is 54.0 Å². The smallest absolute Gasteiger partial charge is 0.120 e. The highest BCUT2D eigenvalue weighted by atomic mass is 16.3. The van der Waals surface area contributed by atoms with Gasteiger partial charge >= 0.3 is 0 Å². The van der Waals surface area contributed by atoms with E-state index in [1.165, 1.54) is 5.56 Å². The summed E-state index contributed by atoms with van der Waals surface area (Å²) in [5, 5.41) is 12.8. The number of phenolic OH excluding ortho intramolecular Hbond substituents is 1. The molecule has 2 atom stereocenters. The van der Waals surface area contributed by atoms with Crippen LogP contribution in [0.5, 0.6) is 5.75 Å². The number of hydrogen-bond acceptors (Lipinski definition) is 3. The quantitative estimate of drug-likeness (QED) is 0.832. The normalized spacial score (nSPS) is 14.2. The van der Waals surface area contributed by atoms with Crippen molar-refractivity contribution < 1.29 is 9.52 Å². The van der Waals surface area contributed by atoms with Gasteiger partial charge in [0.2, 0.25) is 0 Å². The second-order valence-corrected chi connectivity index (χ2v) is 5.01. The maximum atomic E-state index is 9.24. The van der Waals surface area contributed by atoms with E-state index in [9.17, 15) is 5.11 Å². The lowest BCUT2D eigenvalue weighted by molar-refractivity contribution is 0.388. The summed E-state index contributed by atoms with van der Waals surface area (Å²) in [6.07, 6.45) is 3.75. The molecule has 19 heavy (non-hydrogen) atoms. The molecule has 1 unspecified atom stereocenters. The van der Waals surface area contributed by atoms with Crippen LogP contribution in [0.4, 0.5) is 0 Å². The van der Waals surface area contributed by atoms with Crippen LogP contribution in [0.15, 0.2) is 47.1 Å². The van der Waals surface area contributed by atoms with Crippen molar-refractivity contribution in [2.24, 2.45) is 0 Å². The summed E-state index contributed by atoms with van der Waals surface area (Å²) >= 11 is 0. The van der Waals surface area contributed by atoms with Crippen molar-refractivity contribution in [2.45, 2.75) is 38.8 Å². The monoisotopic (exact) mass is 259 g/mol. The fourth-order valence-corrected chi connectivity index (χ4v) is 2.18. The highest BCUT2D eigenvalue weighted by Gasteiger charge is 2.11. The topological polar surface area (TPSA) is 45.4 Å². The fourth-order valence-electron chi connectivity index (χ4n) is 2.18. The van der Waals surface area contributed by atoms with E-state index in [0.29, 0.717) is 11.8 Å². The van der Waals surface area contributed by atoms with Gasteiger partial charge in [-0.25, -0.2) is 0 Å². The lowest BCUT2D eigenvalue weighted by Crippen LogP contribution is -2.29. The first kappa shape index (κ1) is 13.7. The minimum atomic E-state index is 0.227. The van der Waals surface area contributed by atoms with E-state index in [0.717, 1.165) is 18.6 Å². The molecule has 3 heteroatoms. The average molecular weight is 259 g/mol. The Morgan fingerprint density at radius 2 is 1.89 bits per heavy atom. The Labute approximate surface area is 114 Å². The molecule has 1 heterocycles. The molecule has 0 aliphatic carbocycles. The van der Waals surface area contributed by atoms with E-state index in [1.54, 1.807) is 18.4 Å². The highest BCUT2D eigenvalue weighted by Crippen LogP contribution is 2.15. The Morgan fingerprint density at radius 1 is 1.16 bits per heavy atom. The zero-order valence-electron chi connectivity index (χ0n) is 11.5. The first-order valence-corrected chi connectivity index (χ1v) is 6.72. The summed E-state index contributed by atoms with van der Waals surface area (Å²) in [5.74, 6) is 1.29. The lowest BCUT2D eigenvalue weighted by atomic mass is 10.1. The molecule has 0 aliphatic heterocycles. The first-order valence-electron chi connectivity index (χ1n) is 6.72. The van der Waals surface area contributed by atoms with E-state index in [4.69, 9.17) is 4.42 Å². The minimum Gasteiger partial charge on any atom is -0.508 e. The zero-order chi connectivity index (χ0) is 13.7. The standard InChI is InChI=1S/C16H21NO2/c1-12(17-13(2)16-4-3-11-19-16)5-6-14-7-9-15(18)10-8-14/h3-4,7-13,17-18H,5-6H2,1-2H3/t12?,13-/m0/s1. The van der Waals surface area contributed by atoms with Gasteiger partial charge in [0.25, 0.3) is 0 Å². The molecular formula is C16H21NO2. The summed E-state index contributed by atoms with van der Waals surface area (Å²) in [5.41, 5.74) is 1.25. The van der Waals surface area contributed by atoms with Crippen LogP contribution >= 0.6 is 0 Å². The molecule has 1 aromatic carbocycles. The van der Waals surface area contributed by atoms with Gasteiger partial charge in [-0.3, -0.25) is 0 Å². The second-order valence-electron chi connectivity index (χ2n) is 5.01. The van der Waals surface area contributed by atoms with Crippen LogP contribution in [0, 0.1) is 0 Å². The summed E-state index contributed by atoms with van der Waals surface area (Å²) in [6.45, 7) is 4.29. The van der Waals surface area contributed by atoms with Crippen LogP contribution in [0.25, 0.3) is 0 Å². The highest BCUT2D eigenvalue weighted by molar-refractivity contribution is 5.25. The van der Waals surface area contributed by atoms with Gasteiger partial charge in [-0.15, -0.1) is 0 Å². The number of hydrogen-bond donors (Lipinski definition) is 2. The van der Waals surface area contributed by atoms with Crippen molar-refractivity contribution >= 4 is 0 Å². The second kappa shape index (κ2) is 6.43. The molecule has 2 rings (SSSR count). The third kappa shape index (κ3) is 4.14. The van der Waals surface area contributed by atoms with E-state index in [-0.39, 0.29) is 6.04 Å². The van der Waals surface area contributed by atoms with E-state index < -0.39 is 0 Å². The van der Waals surface area contributed by atoms with Gasteiger partial charge < -0.3 is 14.8 Å². The molecule has 102 valence electrons. The number of phenols is 1. The Bertz CT molecular complexity index is 476. The summed E-state index contributed by atoms with van der Waals surface area (Å²) in [6, 6.07) is 12.0. The van der Waals surface area contributed by atoms with Crippen LogP contribution in [-0.2, 0) is 6.42 Å². The molecule has 0 radical (unpaired) electrons. The lowest BCUT2D eigenvalue weighted by Gasteiger charge is -2.18.